The molecule has 2 rings (SSSR count). The summed E-state index contributed by atoms with van der Waals surface area (Å²) < 4.78 is 0. The molecule has 3 heteroatoms. The fourth-order valence-corrected chi connectivity index (χ4v) is 1.60. The number of hydrogen-bond acceptors (Lipinski definition) is 2. The van der Waals surface area contributed by atoms with E-state index in [1.54, 1.807) is 0 Å². The Morgan fingerprint density at radius 3 is 0.920 bits per heavy atom. The van der Waals surface area contributed by atoms with E-state index in [0.717, 1.165) is 11.4 Å². The second-order valence-corrected chi connectivity index (χ2v) is 5.07. The van der Waals surface area contributed by atoms with E-state index >= 15 is 0 Å². The van der Waals surface area contributed by atoms with E-state index in [1.807, 2.05) is 51.6 Å². The molecule has 0 saturated heterocycles. The number of benzene rings is 2. The molecule has 0 radical (unpaired) electrons. The number of nitrogens with zero attached hydrogens (tertiary/aromatic N) is 2. The average molecular weight is 512 g/mol. The Bertz CT molecular complexity index is 453. The van der Waals surface area contributed by atoms with Gasteiger partial charge < -0.3 is 9.80 Å². The van der Waals surface area contributed by atoms with Crippen molar-refractivity contribution >= 4 is 11.4 Å². The van der Waals surface area contributed by atoms with Crippen LogP contribution in [-0.4, -0.2) is 14.1 Å². The molecular formula is C22H36N2W. The molecule has 2 aromatic carbocycles. The largest absolute Gasteiger partial charge is 2.00 e. The Kier molecular flexibility index (Phi) is 20.0. The van der Waals surface area contributed by atoms with Gasteiger partial charge >= 0.3 is 21.1 Å². The van der Waals surface area contributed by atoms with Crippen LogP contribution < -0.4 is 9.80 Å². The van der Waals surface area contributed by atoms with Crippen molar-refractivity contribution in [3.05, 3.63) is 73.8 Å². The molecular weight excluding hydrogens is 476 g/mol. The van der Waals surface area contributed by atoms with Gasteiger partial charge in [-0.25, -0.2) is 0 Å². The second kappa shape index (κ2) is 17.5. The third kappa shape index (κ3) is 13.7. The fourth-order valence-electron chi connectivity index (χ4n) is 1.60. The Labute approximate surface area is 171 Å². The molecule has 0 saturated carbocycles. The Hall–Kier alpha value is -1.27. The topological polar surface area (TPSA) is 6.48 Å². The summed E-state index contributed by atoms with van der Waals surface area (Å²) in [6.45, 7) is 12.2. The Morgan fingerprint density at radius 1 is 0.560 bits per heavy atom. The van der Waals surface area contributed by atoms with Gasteiger partial charge in [0.15, 0.2) is 0 Å². The molecule has 0 aliphatic carbocycles. The van der Waals surface area contributed by atoms with E-state index in [-0.39, 0.29) is 21.1 Å². The van der Waals surface area contributed by atoms with Crippen LogP contribution in [0.3, 0.4) is 0 Å². The first-order valence-corrected chi connectivity index (χ1v) is 8.62. The molecule has 2 nitrogen and oxygen atoms in total. The molecule has 0 aliphatic heterocycles. The summed E-state index contributed by atoms with van der Waals surface area (Å²) in [5, 5.41) is 0. The van der Waals surface area contributed by atoms with Gasteiger partial charge in [0.1, 0.15) is 0 Å². The Morgan fingerprint density at radius 2 is 0.760 bits per heavy atom. The van der Waals surface area contributed by atoms with Crippen molar-refractivity contribution in [3.8, 4) is 0 Å². The van der Waals surface area contributed by atoms with Crippen LogP contribution in [0, 0.1) is 27.9 Å². The zero-order valence-electron chi connectivity index (χ0n) is 17.3. The van der Waals surface area contributed by atoms with Crippen molar-refractivity contribution in [2.45, 2.75) is 41.5 Å². The SMILES string of the molecule is CC.CC.[CH2-]N(C)c1ccc(C)cc1.[CH2-]N(C)c1ccc(C)cc1.[W+2]. The van der Waals surface area contributed by atoms with Gasteiger partial charge in [0, 0.05) is 11.4 Å². The monoisotopic (exact) mass is 512 g/mol. The van der Waals surface area contributed by atoms with Crippen LogP contribution in [-0.2, 0) is 21.1 Å². The molecule has 0 N–H and O–H groups in total. The van der Waals surface area contributed by atoms with Crippen molar-refractivity contribution in [1.29, 1.82) is 0 Å². The summed E-state index contributed by atoms with van der Waals surface area (Å²) in [5.74, 6) is 0. The average Bonchev–Trinajstić information content (AvgIpc) is 2.60. The summed E-state index contributed by atoms with van der Waals surface area (Å²) in [7, 11) is 11.4. The third-order valence-corrected chi connectivity index (χ3v) is 2.95. The van der Waals surface area contributed by atoms with E-state index in [1.165, 1.54) is 11.1 Å². The van der Waals surface area contributed by atoms with Gasteiger partial charge in [0.05, 0.1) is 0 Å². The van der Waals surface area contributed by atoms with E-state index < -0.39 is 0 Å². The maximum Gasteiger partial charge on any atom is 2.00 e. The van der Waals surface area contributed by atoms with Crippen LogP contribution >= 0.6 is 0 Å². The molecule has 140 valence electrons. The molecule has 0 amide bonds. The number of rotatable bonds is 2. The van der Waals surface area contributed by atoms with Crippen molar-refractivity contribution in [2.75, 3.05) is 23.9 Å². The molecule has 0 spiro atoms. The fraction of sp³-hybridized carbons (Fsp3) is 0.364. The van der Waals surface area contributed by atoms with Crippen LogP contribution in [0.4, 0.5) is 11.4 Å². The summed E-state index contributed by atoms with van der Waals surface area (Å²) >= 11 is 0. The first-order valence-electron chi connectivity index (χ1n) is 8.62. The molecule has 0 bridgehead atoms. The first-order chi connectivity index (χ1) is 11.4. The third-order valence-electron chi connectivity index (χ3n) is 2.95. The second-order valence-electron chi connectivity index (χ2n) is 5.07. The van der Waals surface area contributed by atoms with E-state index in [0.29, 0.717) is 0 Å². The molecule has 0 atom stereocenters. The molecule has 0 fully saturated rings. The van der Waals surface area contributed by atoms with Crippen molar-refractivity contribution < 1.29 is 21.1 Å². The van der Waals surface area contributed by atoms with E-state index in [4.69, 9.17) is 0 Å². The van der Waals surface area contributed by atoms with Crippen molar-refractivity contribution in [3.63, 3.8) is 0 Å². The zero-order valence-corrected chi connectivity index (χ0v) is 20.3. The van der Waals surface area contributed by atoms with Gasteiger partial charge in [-0.1, -0.05) is 63.1 Å². The molecule has 2 aromatic rings. The van der Waals surface area contributed by atoms with Gasteiger partial charge in [-0.2, -0.15) is 0 Å². The van der Waals surface area contributed by atoms with Gasteiger partial charge in [0.25, 0.3) is 0 Å². The van der Waals surface area contributed by atoms with Gasteiger partial charge in [-0.15, -0.1) is 0 Å². The summed E-state index contributed by atoms with van der Waals surface area (Å²) in [6, 6.07) is 16.6. The van der Waals surface area contributed by atoms with Crippen LogP contribution in [0.2, 0.25) is 0 Å². The molecule has 0 unspecified atom stereocenters. The summed E-state index contributed by atoms with van der Waals surface area (Å²) in [4.78, 5) is 3.69. The van der Waals surface area contributed by atoms with Crippen LogP contribution in [0.25, 0.3) is 0 Å². The van der Waals surface area contributed by atoms with Gasteiger partial charge in [0.2, 0.25) is 0 Å². The zero-order chi connectivity index (χ0) is 19.1. The van der Waals surface area contributed by atoms with Gasteiger partial charge in [-0.3, -0.25) is 14.1 Å². The number of aryl methyl sites for hydroxylation is 2. The van der Waals surface area contributed by atoms with E-state index in [2.05, 4.69) is 76.5 Å². The molecule has 0 heterocycles. The Balaban J connectivity index is -0.000000312. The van der Waals surface area contributed by atoms with Crippen molar-refractivity contribution in [2.24, 2.45) is 0 Å². The predicted octanol–water partition coefficient (Wildman–Crippen LogP) is 6.50. The molecule has 25 heavy (non-hydrogen) atoms. The number of anilines is 2. The molecule has 0 aromatic heterocycles. The minimum Gasteiger partial charge on any atom is -0.528 e. The first kappa shape index (κ1) is 28.5. The summed E-state index contributed by atoms with van der Waals surface area (Å²) in [6.07, 6.45) is 0. The van der Waals surface area contributed by atoms with Crippen LogP contribution in [0.5, 0.6) is 0 Å². The quantitative estimate of drug-likeness (QED) is 0.425. The molecule has 0 aliphatic rings. The van der Waals surface area contributed by atoms with Crippen LogP contribution in [0.1, 0.15) is 38.8 Å². The number of hydrogen-bond donors (Lipinski definition) is 0. The minimum absolute atomic E-state index is 0. The van der Waals surface area contributed by atoms with E-state index in [9.17, 15) is 0 Å². The van der Waals surface area contributed by atoms with Crippen LogP contribution in [0.15, 0.2) is 48.5 Å². The summed E-state index contributed by atoms with van der Waals surface area (Å²) in [5.41, 5.74) is 4.85. The minimum atomic E-state index is 0. The normalized spacial score (nSPS) is 8.08. The predicted molar refractivity (Wildman–Crippen MR) is 113 cm³/mol. The standard InChI is InChI=1S/2C9H12N.2C2H6.W/c2*1-8-4-6-9(7-5-8)10(2)3;2*1-2;/h2*4-7H,2H2,1,3H3;2*1-2H3;/q2*-1;;;+2. The maximum atomic E-state index is 3.77. The maximum absolute atomic E-state index is 3.77. The smallest absolute Gasteiger partial charge is 0.528 e. The van der Waals surface area contributed by atoms with Crippen molar-refractivity contribution in [1.82, 2.24) is 0 Å². The van der Waals surface area contributed by atoms with Gasteiger partial charge in [-0.05, 0) is 52.2 Å².